The summed E-state index contributed by atoms with van der Waals surface area (Å²) in [4.78, 5) is 13.3. The third-order valence-corrected chi connectivity index (χ3v) is 3.22. The van der Waals surface area contributed by atoms with Crippen molar-refractivity contribution in [1.29, 1.82) is 0 Å². The summed E-state index contributed by atoms with van der Waals surface area (Å²) in [7, 11) is 0. The summed E-state index contributed by atoms with van der Waals surface area (Å²) in [5.74, 6) is 0.558. The molecule has 0 N–H and O–H groups in total. The van der Waals surface area contributed by atoms with Gasteiger partial charge in [0, 0.05) is 13.1 Å². The van der Waals surface area contributed by atoms with Crippen LogP contribution >= 0.6 is 0 Å². The van der Waals surface area contributed by atoms with Gasteiger partial charge in [0.15, 0.2) is 0 Å². The number of carbonyl (C=O) groups is 1. The fourth-order valence-corrected chi connectivity index (χ4v) is 2.31. The number of piperidine rings is 1. The third-order valence-electron chi connectivity index (χ3n) is 3.22. The molecule has 1 rings (SSSR count). The molecule has 0 spiro atoms. The molecule has 0 radical (unpaired) electrons. The smallest absolute Gasteiger partial charge is 0.409 e. The van der Waals surface area contributed by atoms with E-state index in [2.05, 4.69) is 20.8 Å². The number of ether oxygens (including phenoxy) is 2. The molecule has 100 valence electrons. The van der Waals surface area contributed by atoms with Gasteiger partial charge in [0.1, 0.15) is 0 Å². The van der Waals surface area contributed by atoms with Gasteiger partial charge in [-0.25, -0.2) is 4.79 Å². The number of amides is 1. The predicted molar refractivity (Wildman–Crippen MR) is 67.0 cm³/mol. The number of nitrogens with zero attached hydrogens (tertiary/aromatic N) is 1. The molecule has 0 bridgehead atoms. The van der Waals surface area contributed by atoms with E-state index in [0.29, 0.717) is 12.5 Å². The molecule has 0 saturated carbocycles. The van der Waals surface area contributed by atoms with Crippen molar-refractivity contribution in [3.63, 3.8) is 0 Å². The van der Waals surface area contributed by atoms with E-state index in [1.165, 1.54) is 0 Å². The minimum atomic E-state index is -0.177. The van der Waals surface area contributed by atoms with Crippen LogP contribution in [0.15, 0.2) is 0 Å². The maximum absolute atomic E-state index is 11.5. The van der Waals surface area contributed by atoms with Gasteiger partial charge in [0.25, 0.3) is 0 Å². The van der Waals surface area contributed by atoms with Crippen LogP contribution in [-0.2, 0) is 9.47 Å². The molecule has 0 aromatic carbocycles. The maximum atomic E-state index is 11.5. The minimum absolute atomic E-state index is 0.177. The van der Waals surface area contributed by atoms with Crippen LogP contribution in [0.2, 0.25) is 0 Å². The second kappa shape index (κ2) is 6.84. The minimum Gasteiger partial charge on any atom is -0.450 e. The van der Waals surface area contributed by atoms with Crippen molar-refractivity contribution in [1.82, 2.24) is 4.90 Å². The van der Waals surface area contributed by atoms with Crippen molar-refractivity contribution in [2.24, 2.45) is 5.92 Å². The van der Waals surface area contributed by atoms with Gasteiger partial charge in [-0.05, 0) is 46.5 Å². The number of hydrogen-bond acceptors (Lipinski definition) is 3. The van der Waals surface area contributed by atoms with Crippen LogP contribution in [0.3, 0.4) is 0 Å². The van der Waals surface area contributed by atoms with E-state index in [9.17, 15) is 4.79 Å². The number of hydrogen-bond donors (Lipinski definition) is 0. The lowest BCUT2D eigenvalue weighted by atomic mass is 9.92. The molecule has 4 heteroatoms. The zero-order valence-corrected chi connectivity index (χ0v) is 11.4. The molecule has 1 unspecified atom stereocenters. The van der Waals surface area contributed by atoms with E-state index in [1.807, 2.05) is 6.92 Å². The molecule has 1 atom stereocenters. The topological polar surface area (TPSA) is 38.8 Å². The molecule has 0 aromatic heterocycles. The second-order valence-corrected chi connectivity index (χ2v) is 4.91. The van der Waals surface area contributed by atoms with Crippen LogP contribution in [0.1, 0.15) is 40.5 Å². The second-order valence-electron chi connectivity index (χ2n) is 4.91. The molecule has 17 heavy (non-hydrogen) atoms. The van der Waals surface area contributed by atoms with E-state index in [-0.39, 0.29) is 18.3 Å². The average molecular weight is 243 g/mol. The van der Waals surface area contributed by atoms with E-state index in [0.717, 1.165) is 25.9 Å². The maximum Gasteiger partial charge on any atom is 0.409 e. The van der Waals surface area contributed by atoms with Crippen LogP contribution in [0.25, 0.3) is 0 Å². The predicted octanol–water partition coefficient (Wildman–Crippen LogP) is 2.67. The first-order valence-corrected chi connectivity index (χ1v) is 6.61. The van der Waals surface area contributed by atoms with Crippen molar-refractivity contribution in [2.75, 3.05) is 19.7 Å². The van der Waals surface area contributed by atoms with Gasteiger partial charge in [0.2, 0.25) is 0 Å². The van der Waals surface area contributed by atoms with Gasteiger partial charge in [-0.15, -0.1) is 0 Å². The van der Waals surface area contributed by atoms with E-state index >= 15 is 0 Å². The Hall–Kier alpha value is -0.770. The Balaban J connectivity index is 2.32. The van der Waals surface area contributed by atoms with Crippen molar-refractivity contribution in [2.45, 2.75) is 52.7 Å². The highest BCUT2D eigenvalue weighted by Gasteiger charge is 2.27. The molecule has 1 heterocycles. The molecule has 1 fully saturated rings. The Bertz CT molecular complexity index is 235. The number of rotatable bonds is 4. The van der Waals surface area contributed by atoms with Gasteiger partial charge in [0.05, 0.1) is 18.8 Å². The first kappa shape index (κ1) is 14.3. The molecule has 1 amide bonds. The highest BCUT2D eigenvalue weighted by atomic mass is 16.6. The summed E-state index contributed by atoms with van der Waals surface area (Å²) >= 11 is 0. The zero-order valence-electron chi connectivity index (χ0n) is 11.4. The van der Waals surface area contributed by atoms with Crippen molar-refractivity contribution < 1.29 is 14.3 Å². The molecule has 0 aromatic rings. The van der Waals surface area contributed by atoms with E-state index in [1.54, 1.807) is 4.90 Å². The van der Waals surface area contributed by atoms with Crippen molar-refractivity contribution in [3.8, 4) is 0 Å². The quantitative estimate of drug-likeness (QED) is 0.762. The highest BCUT2D eigenvalue weighted by Crippen LogP contribution is 2.23. The Morgan fingerprint density at radius 2 is 1.88 bits per heavy atom. The van der Waals surface area contributed by atoms with Crippen molar-refractivity contribution in [3.05, 3.63) is 0 Å². The van der Waals surface area contributed by atoms with Crippen LogP contribution in [0, 0.1) is 5.92 Å². The Morgan fingerprint density at radius 3 is 2.35 bits per heavy atom. The largest absolute Gasteiger partial charge is 0.450 e. The molecule has 4 nitrogen and oxygen atoms in total. The zero-order chi connectivity index (χ0) is 12.8. The SMILES string of the molecule is CCOC(=O)N1CCC(C(C)OC(C)C)CC1. The third kappa shape index (κ3) is 4.54. The Morgan fingerprint density at radius 1 is 1.29 bits per heavy atom. The normalized spacial score (nSPS) is 19.5. The Kier molecular flexibility index (Phi) is 5.75. The summed E-state index contributed by atoms with van der Waals surface area (Å²) < 4.78 is 10.8. The fraction of sp³-hybridized carbons (Fsp3) is 0.923. The number of likely N-dealkylation sites (tertiary alicyclic amines) is 1. The standard InChI is InChI=1S/C13H25NO3/c1-5-16-13(15)14-8-6-12(7-9-14)11(4)17-10(2)3/h10-12H,5-9H2,1-4H3. The lowest BCUT2D eigenvalue weighted by Crippen LogP contribution is -2.41. The molecular formula is C13H25NO3. The van der Waals surface area contributed by atoms with Gasteiger partial charge < -0.3 is 14.4 Å². The van der Waals surface area contributed by atoms with Crippen LogP contribution < -0.4 is 0 Å². The first-order valence-electron chi connectivity index (χ1n) is 6.61. The fourth-order valence-electron chi connectivity index (χ4n) is 2.31. The van der Waals surface area contributed by atoms with Gasteiger partial charge >= 0.3 is 6.09 Å². The monoisotopic (exact) mass is 243 g/mol. The lowest BCUT2D eigenvalue weighted by Gasteiger charge is -2.34. The van der Waals surface area contributed by atoms with Crippen LogP contribution in [0.5, 0.6) is 0 Å². The summed E-state index contributed by atoms with van der Waals surface area (Å²) in [6.45, 7) is 10.1. The summed E-state index contributed by atoms with van der Waals surface area (Å²) in [6.07, 6.45) is 2.38. The summed E-state index contributed by atoms with van der Waals surface area (Å²) in [5, 5.41) is 0. The van der Waals surface area contributed by atoms with E-state index < -0.39 is 0 Å². The van der Waals surface area contributed by atoms with Gasteiger partial charge in [-0.1, -0.05) is 0 Å². The first-order chi connectivity index (χ1) is 8.04. The molecular weight excluding hydrogens is 218 g/mol. The van der Waals surface area contributed by atoms with Gasteiger partial charge in [-0.3, -0.25) is 0 Å². The molecule has 0 aliphatic carbocycles. The van der Waals surface area contributed by atoms with Crippen molar-refractivity contribution >= 4 is 6.09 Å². The summed E-state index contributed by atoms with van der Waals surface area (Å²) in [5.41, 5.74) is 0. The molecule has 1 saturated heterocycles. The summed E-state index contributed by atoms with van der Waals surface area (Å²) in [6, 6.07) is 0. The Labute approximate surface area is 104 Å². The highest BCUT2D eigenvalue weighted by molar-refractivity contribution is 5.67. The van der Waals surface area contributed by atoms with E-state index in [4.69, 9.17) is 9.47 Å². The lowest BCUT2D eigenvalue weighted by molar-refractivity contribution is -0.0309. The molecule has 1 aliphatic heterocycles. The molecule has 1 aliphatic rings. The van der Waals surface area contributed by atoms with Gasteiger partial charge in [-0.2, -0.15) is 0 Å². The van der Waals surface area contributed by atoms with Crippen LogP contribution in [-0.4, -0.2) is 42.9 Å². The average Bonchev–Trinajstić information content (AvgIpc) is 2.28. The van der Waals surface area contributed by atoms with Crippen LogP contribution in [0.4, 0.5) is 4.79 Å². The number of carbonyl (C=O) groups excluding carboxylic acids is 1.